The number of aromatic nitrogens is 2. The molecule has 0 aliphatic carbocycles. The summed E-state index contributed by atoms with van der Waals surface area (Å²) in [7, 11) is 0. The minimum absolute atomic E-state index is 0.143. The van der Waals surface area contributed by atoms with Crippen molar-refractivity contribution in [1.29, 1.82) is 0 Å². The molecule has 0 aromatic carbocycles. The van der Waals surface area contributed by atoms with Gasteiger partial charge in [0.1, 0.15) is 0 Å². The summed E-state index contributed by atoms with van der Waals surface area (Å²) in [5.74, 6) is 0.509. The van der Waals surface area contributed by atoms with Gasteiger partial charge in [0, 0.05) is 12.4 Å². The van der Waals surface area contributed by atoms with Crippen molar-refractivity contribution in [2.75, 3.05) is 0 Å². The van der Waals surface area contributed by atoms with E-state index < -0.39 is 0 Å². The number of ether oxygens (including phenoxy) is 1. The summed E-state index contributed by atoms with van der Waals surface area (Å²) < 4.78 is 4.41. The maximum atomic E-state index is 9.70. The highest BCUT2D eigenvalue weighted by Gasteiger charge is 1.90. The van der Waals surface area contributed by atoms with Gasteiger partial charge in [0.25, 0.3) is 6.47 Å². The summed E-state index contributed by atoms with van der Waals surface area (Å²) in [6.45, 7) is 0.515. The van der Waals surface area contributed by atoms with Crippen LogP contribution in [0.25, 0.3) is 0 Å². The number of carbonyl (C=O) groups is 1. The van der Waals surface area contributed by atoms with E-state index in [9.17, 15) is 4.79 Å². The van der Waals surface area contributed by atoms with Crippen LogP contribution in [0.2, 0.25) is 0 Å². The van der Waals surface area contributed by atoms with Crippen LogP contribution in [0.15, 0.2) is 18.5 Å². The van der Waals surface area contributed by atoms with Crippen molar-refractivity contribution in [2.24, 2.45) is 0 Å². The standard InChI is InChI=1S/C6H6N2O2/c9-5-10-4-6-7-2-1-3-8-6/h1-3,5H,4H2. The zero-order valence-corrected chi connectivity index (χ0v) is 5.23. The number of rotatable bonds is 3. The average Bonchev–Trinajstić information content (AvgIpc) is 2.03. The van der Waals surface area contributed by atoms with E-state index in [0.717, 1.165) is 0 Å². The third-order valence-electron chi connectivity index (χ3n) is 0.900. The van der Waals surface area contributed by atoms with E-state index in [1.807, 2.05) is 0 Å². The second kappa shape index (κ2) is 3.55. The van der Waals surface area contributed by atoms with Crippen molar-refractivity contribution in [2.45, 2.75) is 6.61 Å². The zero-order chi connectivity index (χ0) is 7.23. The molecular weight excluding hydrogens is 132 g/mol. The number of carbonyl (C=O) groups excluding carboxylic acids is 1. The van der Waals surface area contributed by atoms with Gasteiger partial charge in [0.15, 0.2) is 12.4 Å². The number of hydrogen-bond acceptors (Lipinski definition) is 4. The Hall–Kier alpha value is -1.45. The van der Waals surface area contributed by atoms with Crippen LogP contribution in [0.5, 0.6) is 0 Å². The number of nitrogens with zero attached hydrogens (tertiary/aromatic N) is 2. The van der Waals surface area contributed by atoms with Crippen LogP contribution in [0.3, 0.4) is 0 Å². The van der Waals surface area contributed by atoms with Crippen molar-refractivity contribution in [3.05, 3.63) is 24.3 Å². The lowest BCUT2D eigenvalue weighted by Gasteiger charge is -1.93. The molecule has 0 fully saturated rings. The van der Waals surface area contributed by atoms with Gasteiger partial charge in [-0.2, -0.15) is 0 Å². The summed E-state index contributed by atoms with van der Waals surface area (Å²) in [5.41, 5.74) is 0. The minimum Gasteiger partial charge on any atom is -0.460 e. The zero-order valence-electron chi connectivity index (χ0n) is 5.23. The molecule has 1 aromatic rings. The molecule has 0 radical (unpaired) electrons. The van der Waals surface area contributed by atoms with Gasteiger partial charge in [0.2, 0.25) is 0 Å². The molecular formula is C6H6N2O2. The first-order chi connectivity index (χ1) is 4.93. The van der Waals surface area contributed by atoms with Gasteiger partial charge in [-0.3, -0.25) is 4.79 Å². The molecule has 4 heteroatoms. The molecule has 10 heavy (non-hydrogen) atoms. The van der Waals surface area contributed by atoms with E-state index in [1.54, 1.807) is 18.5 Å². The van der Waals surface area contributed by atoms with Gasteiger partial charge in [-0.1, -0.05) is 0 Å². The molecule has 4 nitrogen and oxygen atoms in total. The Bertz CT molecular complexity index is 200. The first kappa shape index (κ1) is 6.67. The van der Waals surface area contributed by atoms with Crippen LogP contribution in [0.1, 0.15) is 5.82 Å². The van der Waals surface area contributed by atoms with Crippen molar-refractivity contribution in [3.8, 4) is 0 Å². The van der Waals surface area contributed by atoms with Crippen LogP contribution in [-0.2, 0) is 16.1 Å². The molecule has 0 aliphatic heterocycles. The predicted molar refractivity (Wildman–Crippen MR) is 32.9 cm³/mol. The molecule has 0 saturated heterocycles. The molecule has 0 unspecified atom stereocenters. The third-order valence-corrected chi connectivity index (χ3v) is 0.900. The molecule has 0 aliphatic rings. The van der Waals surface area contributed by atoms with Crippen LogP contribution in [0, 0.1) is 0 Å². The van der Waals surface area contributed by atoms with Crippen molar-refractivity contribution in [3.63, 3.8) is 0 Å². The molecule has 1 heterocycles. The van der Waals surface area contributed by atoms with Crippen LogP contribution in [0.4, 0.5) is 0 Å². The third kappa shape index (κ3) is 1.81. The summed E-state index contributed by atoms with van der Waals surface area (Å²) >= 11 is 0. The average molecular weight is 138 g/mol. The Labute approximate surface area is 57.9 Å². The largest absolute Gasteiger partial charge is 0.460 e. The fourth-order valence-corrected chi connectivity index (χ4v) is 0.513. The molecule has 0 N–H and O–H groups in total. The monoisotopic (exact) mass is 138 g/mol. The van der Waals surface area contributed by atoms with Gasteiger partial charge >= 0.3 is 0 Å². The first-order valence-electron chi connectivity index (χ1n) is 2.74. The van der Waals surface area contributed by atoms with Gasteiger partial charge in [-0.25, -0.2) is 9.97 Å². The van der Waals surface area contributed by atoms with Gasteiger partial charge in [0.05, 0.1) is 0 Å². The van der Waals surface area contributed by atoms with Crippen LogP contribution in [-0.4, -0.2) is 16.4 Å². The molecule has 0 saturated carbocycles. The van der Waals surface area contributed by atoms with Crippen molar-refractivity contribution < 1.29 is 9.53 Å². The van der Waals surface area contributed by atoms with E-state index in [4.69, 9.17) is 0 Å². The maximum absolute atomic E-state index is 9.70. The van der Waals surface area contributed by atoms with E-state index >= 15 is 0 Å². The molecule has 1 rings (SSSR count). The Morgan fingerprint density at radius 2 is 2.20 bits per heavy atom. The van der Waals surface area contributed by atoms with E-state index in [1.165, 1.54) is 0 Å². The van der Waals surface area contributed by atoms with Gasteiger partial charge < -0.3 is 4.74 Å². The lowest BCUT2D eigenvalue weighted by Crippen LogP contribution is -1.95. The Morgan fingerprint density at radius 1 is 1.50 bits per heavy atom. The molecule has 1 aromatic heterocycles. The highest BCUT2D eigenvalue weighted by molar-refractivity contribution is 5.36. The number of hydrogen-bond donors (Lipinski definition) is 0. The van der Waals surface area contributed by atoms with E-state index in [2.05, 4.69) is 14.7 Å². The molecule has 0 atom stereocenters. The Kier molecular flexibility index (Phi) is 2.37. The SMILES string of the molecule is O=COCc1ncccn1. The smallest absolute Gasteiger partial charge is 0.293 e. The van der Waals surface area contributed by atoms with Crippen LogP contribution >= 0.6 is 0 Å². The molecule has 0 spiro atoms. The summed E-state index contributed by atoms with van der Waals surface area (Å²) in [4.78, 5) is 17.3. The predicted octanol–water partition coefficient (Wildman–Crippen LogP) is 0.150. The lowest BCUT2D eigenvalue weighted by molar-refractivity contribution is -0.130. The molecule has 52 valence electrons. The summed E-state index contributed by atoms with van der Waals surface area (Å²) in [5, 5.41) is 0. The normalized spacial score (nSPS) is 8.80. The molecule has 0 amide bonds. The Balaban J connectivity index is 2.50. The summed E-state index contributed by atoms with van der Waals surface area (Å²) in [6.07, 6.45) is 3.19. The first-order valence-corrected chi connectivity index (χ1v) is 2.74. The second-order valence-corrected chi connectivity index (χ2v) is 1.57. The van der Waals surface area contributed by atoms with Gasteiger partial charge in [-0.15, -0.1) is 0 Å². The molecule has 0 bridgehead atoms. The maximum Gasteiger partial charge on any atom is 0.293 e. The quantitative estimate of drug-likeness (QED) is 0.558. The van der Waals surface area contributed by atoms with Gasteiger partial charge in [-0.05, 0) is 6.07 Å². The highest BCUT2D eigenvalue weighted by atomic mass is 16.5. The van der Waals surface area contributed by atoms with E-state index in [0.29, 0.717) is 12.3 Å². The van der Waals surface area contributed by atoms with E-state index in [-0.39, 0.29) is 6.61 Å². The fourth-order valence-electron chi connectivity index (χ4n) is 0.513. The van der Waals surface area contributed by atoms with Crippen molar-refractivity contribution in [1.82, 2.24) is 9.97 Å². The lowest BCUT2D eigenvalue weighted by atomic mass is 10.6. The summed E-state index contributed by atoms with van der Waals surface area (Å²) in [6, 6.07) is 1.70. The Morgan fingerprint density at radius 3 is 2.80 bits per heavy atom. The minimum atomic E-state index is 0.143. The second-order valence-electron chi connectivity index (χ2n) is 1.57. The fraction of sp³-hybridized carbons (Fsp3) is 0.167. The topological polar surface area (TPSA) is 52.1 Å². The van der Waals surface area contributed by atoms with Crippen LogP contribution < -0.4 is 0 Å². The van der Waals surface area contributed by atoms with Crippen molar-refractivity contribution >= 4 is 6.47 Å². The highest BCUT2D eigenvalue weighted by Crippen LogP contribution is 1.87.